The summed E-state index contributed by atoms with van der Waals surface area (Å²) in [4.78, 5) is 13.3. The highest BCUT2D eigenvalue weighted by atomic mass is 35.5. The van der Waals surface area contributed by atoms with Gasteiger partial charge in [-0.2, -0.15) is 0 Å². The summed E-state index contributed by atoms with van der Waals surface area (Å²) in [5.41, 5.74) is 2.48. The molecule has 2 aromatic carbocycles. The lowest BCUT2D eigenvalue weighted by Gasteiger charge is -2.29. The Morgan fingerprint density at radius 2 is 1.86 bits per heavy atom. The van der Waals surface area contributed by atoms with Gasteiger partial charge in [0.05, 0.1) is 10.7 Å². The van der Waals surface area contributed by atoms with E-state index in [0.29, 0.717) is 55.4 Å². The number of carbonyl (C=O) groups is 1. The molecule has 4 rings (SSSR count). The van der Waals surface area contributed by atoms with Crippen LogP contribution in [-0.2, 0) is 11.2 Å². The molecule has 1 amide bonds. The number of hydrogen-bond donors (Lipinski definition) is 1. The van der Waals surface area contributed by atoms with Crippen molar-refractivity contribution in [1.82, 2.24) is 0 Å². The van der Waals surface area contributed by atoms with Gasteiger partial charge in [0.1, 0.15) is 18.0 Å². The number of carbonyl (C=O) groups excluding carboxylic acids is 1. The Morgan fingerprint density at radius 1 is 1.10 bits per heavy atom. The lowest BCUT2D eigenvalue weighted by molar-refractivity contribution is -0.116. The Labute approximate surface area is 177 Å². The zero-order valence-electron chi connectivity index (χ0n) is 15.4. The number of benzene rings is 2. The van der Waals surface area contributed by atoms with E-state index < -0.39 is 11.6 Å². The van der Waals surface area contributed by atoms with E-state index in [-0.39, 0.29) is 16.6 Å². The predicted octanol–water partition coefficient (Wildman–Crippen LogP) is 5.37. The first-order valence-electron chi connectivity index (χ1n) is 9.24. The third-order valence-electron chi connectivity index (χ3n) is 5.10. The standard InChI is InChI=1S/C21H18Cl2F2N2O2/c22-13-9-16(24)21(17(25)10-13)27-7-5-12(6-8-27)11-29-18-3-2-15(23)20-14(18)1-4-19(28)26-20/h2-3,5,9-10H,1,4,6-8,11H2,(H,26,28). The second-order valence-electron chi connectivity index (χ2n) is 7.01. The van der Waals surface area contributed by atoms with Crippen LogP contribution in [-0.4, -0.2) is 25.6 Å². The average molecular weight is 439 g/mol. The highest BCUT2D eigenvalue weighted by Gasteiger charge is 2.23. The zero-order chi connectivity index (χ0) is 20.5. The number of rotatable bonds is 4. The van der Waals surface area contributed by atoms with Crippen molar-refractivity contribution in [2.45, 2.75) is 19.3 Å². The molecule has 29 heavy (non-hydrogen) atoms. The van der Waals surface area contributed by atoms with Crippen molar-refractivity contribution in [3.05, 3.63) is 63.2 Å². The molecule has 152 valence electrons. The first kappa shape index (κ1) is 20.0. The van der Waals surface area contributed by atoms with E-state index in [1.807, 2.05) is 6.08 Å². The van der Waals surface area contributed by atoms with Crippen LogP contribution in [0.4, 0.5) is 20.2 Å². The highest BCUT2D eigenvalue weighted by Crippen LogP contribution is 2.37. The van der Waals surface area contributed by atoms with Crippen LogP contribution in [0.3, 0.4) is 0 Å². The number of halogens is 4. The van der Waals surface area contributed by atoms with Gasteiger partial charge in [-0.1, -0.05) is 29.3 Å². The van der Waals surface area contributed by atoms with Crippen molar-refractivity contribution in [2.75, 3.05) is 29.9 Å². The molecule has 0 unspecified atom stereocenters. The summed E-state index contributed by atoms with van der Waals surface area (Å²) in [7, 11) is 0. The molecule has 8 heteroatoms. The van der Waals surface area contributed by atoms with Gasteiger partial charge < -0.3 is 15.0 Å². The predicted molar refractivity (Wildman–Crippen MR) is 110 cm³/mol. The number of fused-ring (bicyclic) bond motifs is 1. The quantitative estimate of drug-likeness (QED) is 0.652. The molecule has 2 heterocycles. The number of amides is 1. The fourth-order valence-electron chi connectivity index (χ4n) is 3.61. The van der Waals surface area contributed by atoms with Gasteiger partial charge in [-0.05, 0) is 42.7 Å². The van der Waals surface area contributed by atoms with E-state index >= 15 is 0 Å². The minimum atomic E-state index is -0.669. The number of anilines is 2. The van der Waals surface area contributed by atoms with Gasteiger partial charge in [0.25, 0.3) is 0 Å². The van der Waals surface area contributed by atoms with Crippen LogP contribution >= 0.6 is 23.2 Å². The van der Waals surface area contributed by atoms with Gasteiger partial charge >= 0.3 is 0 Å². The molecule has 0 bridgehead atoms. The lowest BCUT2D eigenvalue weighted by atomic mass is 10.0. The van der Waals surface area contributed by atoms with Crippen molar-refractivity contribution >= 4 is 40.5 Å². The summed E-state index contributed by atoms with van der Waals surface area (Å²) in [6.07, 6.45) is 3.49. The third-order valence-corrected chi connectivity index (χ3v) is 5.63. The molecule has 2 aromatic rings. The maximum absolute atomic E-state index is 14.1. The SMILES string of the molecule is O=C1CCc2c(OCC3=CCN(c4c(F)cc(Cl)cc4F)CC3)ccc(Cl)c2N1. The van der Waals surface area contributed by atoms with Crippen molar-refractivity contribution in [3.8, 4) is 5.75 Å². The van der Waals surface area contributed by atoms with Crippen LogP contribution in [0.5, 0.6) is 5.75 Å². The molecule has 0 saturated carbocycles. The summed E-state index contributed by atoms with van der Waals surface area (Å²) in [5.74, 6) is -0.716. The molecule has 0 radical (unpaired) electrons. The van der Waals surface area contributed by atoms with Crippen molar-refractivity contribution in [3.63, 3.8) is 0 Å². The minimum Gasteiger partial charge on any atom is -0.489 e. The fourth-order valence-corrected chi connectivity index (χ4v) is 4.03. The summed E-state index contributed by atoms with van der Waals surface area (Å²) in [6.45, 7) is 1.21. The topological polar surface area (TPSA) is 41.6 Å². The smallest absolute Gasteiger partial charge is 0.224 e. The Morgan fingerprint density at radius 3 is 2.55 bits per heavy atom. The van der Waals surface area contributed by atoms with E-state index in [9.17, 15) is 13.6 Å². The fraction of sp³-hybridized carbons (Fsp3) is 0.286. The maximum atomic E-state index is 14.1. The van der Waals surface area contributed by atoms with E-state index in [2.05, 4.69) is 5.32 Å². The molecule has 0 atom stereocenters. The molecule has 2 aliphatic rings. The van der Waals surface area contributed by atoms with Crippen molar-refractivity contribution < 1.29 is 18.3 Å². The summed E-state index contributed by atoms with van der Waals surface area (Å²) in [6, 6.07) is 5.73. The highest BCUT2D eigenvalue weighted by molar-refractivity contribution is 6.34. The molecular formula is C21H18Cl2F2N2O2. The second kappa shape index (κ2) is 8.20. The average Bonchev–Trinajstić information content (AvgIpc) is 2.68. The van der Waals surface area contributed by atoms with Crippen LogP contribution in [0.2, 0.25) is 10.0 Å². The number of ether oxygens (including phenoxy) is 1. The molecule has 0 aromatic heterocycles. The van der Waals surface area contributed by atoms with Crippen molar-refractivity contribution in [2.24, 2.45) is 0 Å². The van der Waals surface area contributed by atoms with Gasteiger partial charge in [0, 0.05) is 30.1 Å². The number of nitrogens with zero attached hydrogens (tertiary/aromatic N) is 1. The van der Waals surface area contributed by atoms with Crippen molar-refractivity contribution in [1.29, 1.82) is 0 Å². The third kappa shape index (κ3) is 4.19. The molecular weight excluding hydrogens is 421 g/mol. The van der Waals surface area contributed by atoms with Gasteiger partial charge in [0.2, 0.25) is 5.91 Å². The molecule has 2 aliphatic heterocycles. The van der Waals surface area contributed by atoms with Crippen LogP contribution in [0.25, 0.3) is 0 Å². The Kier molecular flexibility index (Phi) is 5.65. The molecule has 0 aliphatic carbocycles. The first-order chi connectivity index (χ1) is 13.9. The summed E-state index contributed by atoms with van der Waals surface area (Å²) >= 11 is 11.9. The van der Waals surface area contributed by atoms with Gasteiger partial charge in [-0.25, -0.2) is 8.78 Å². The summed E-state index contributed by atoms with van der Waals surface area (Å²) < 4.78 is 34.2. The first-order valence-corrected chi connectivity index (χ1v) is 9.99. The lowest BCUT2D eigenvalue weighted by Crippen LogP contribution is -2.31. The molecule has 0 saturated heterocycles. The molecule has 4 nitrogen and oxygen atoms in total. The van der Waals surface area contributed by atoms with E-state index in [0.717, 1.165) is 23.3 Å². The van der Waals surface area contributed by atoms with Crippen LogP contribution in [0, 0.1) is 11.6 Å². The van der Waals surface area contributed by atoms with Crippen LogP contribution in [0.1, 0.15) is 18.4 Å². The van der Waals surface area contributed by atoms with Gasteiger partial charge in [-0.3, -0.25) is 4.79 Å². The molecule has 0 fully saturated rings. The van der Waals surface area contributed by atoms with Gasteiger partial charge in [0.15, 0.2) is 11.6 Å². The number of hydrogen-bond acceptors (Lipinski definition) is 3. The van der Waals surface area contributed by atoms with E-state index in [4.69, 9.17) is 27.9 Å². The maximum Gasteiger partial charge on any atom is 0.224 e. The van der Waals surface area contributed by atoms with E-state index in [1.54, 1.807) is 17.0 Å². The molecule has 1 N–H and O–H groups in total. The normalized spacial score (nSPS) is 16.2. The largest absolute Gasteiger partial charge is 0.489 e. The second-order valence-corrected chi connectivity index (χ2v) is 7.86. The van der Waals surface area contributed by atoms with E-state index in [1.165, 1.54) is 0 Å². The molecule has 0 spiro atoms. The van der Waals surface area contributed by atoms with Gasteiger partial charge in [-0.15, -0.1) is 0 Å². The Hall–Kier alpha value is -2.31. The Balaban J connectivity index is 1.44. The van der Waals surface area contributed by atoms with Crippen LogP contribution < -0.4 is 15.0 Å². The minimum absolute atomic E-state index is 0.0351. The number of nitrogens with one attached hydrogen (secondary N) is 1. The zero-order valence-corrected chi connectivity index (χ0v) is 16.9. The van der Waals surface area contributed by atoms with Crippen LogP contribution in [0.15, 0.2) is 35.9 Å². The summed E-state index contributed by atoms with van der Waals surface area (Å²) in [5, 5.41) is 3.31. The monoisotopic (exact) mass is 438 g/mol. The Bertz CT molecular complexity index is 987.